The number of nitrogens with zero attached hydrogens (tertiary/aromatic N) is 1. The van der Waals surface area contributed by atoms with E-state index in [1.54, 1.807) is 0 Å². The van der Waals surface area contributed by atoms with Crippen molar-refractivity contribution < 1.29 is 0 Å². The zero-order chi connectivity index (χ0) is 10.8. The van der Waals surface area contributed by atoms with Gasteiger partial charge in [-0.25, -0.2) is 0 Å². The molecule has 82 valence electrons. The second-order valence-electron chi connectivity index (χ2n) is 4.27. The second kappa shape index (κ2) is 4.14. The van der Waals surface area contributed by atoms with Crippen LogP contribution in [0.3, 0.4) is 0 Å². The van der Waals surface area contributed by atoms with Crippen LogP contribution in [-0.2, 0) is 0 Å². The van der Waals surface area contributed by atoms with Crippen LogP contribution in [0, 0.1) is 0 Å². The molecule has 1 aliphatic heterocycles. The van der Waals surface area contributed by atoms with Gasteiger partial charge in [-0.2, -0.15) is 0 Å². The monoisotopic (exact) mass is 212 g/mol. The summed E-state index contributed by atoms with van der Waals surface area (Å²) in [6.45, 7) is 3.26. The molecule has 2 nitrogen and oxygen atoms in total. The van der Waals surface area contributed by atoms with Crippen molar-refractivity contribution in [3.63, 3.8) is 0 Å². The maximum absolute atomic E-state index is 3.42. The lowest BCUT2D eigenvalue weighted by atomic mass is 10.1. The van der Waals surface area contributed by atoms with E-state index < -0.39 is 0 Å². The van der Waals surface area contributed by atoms with Crippen molar-refractivity contribution in [3.05, 3.63) is 42.5 Å². The fraction of sp³-hybridized carbons (Fsp3) is 0.286. The Hall–Kier alpha value is -1.54. The van der Waals surface area contributed by atoms with Crippen molar-refractivity contribution in [2.24, 2.45) is 0 Å². The van der Waals surface area contributed by atoms with E-state index in [2.05, 4.69) is 52.7 Å². The Morgan fingerprint density at radius 1 is 1.00 bits per heavy atom. The molecule has 2 heteroatoms. The highest BCUT2D eigenvalue weighted by atomic mass is 15.2. The SMILES string of the molecule is c1ccc2c(N3CCCNC3)cccc2c1. The molecule has 1 aliphatic rings. The summed E-state index contributed by atoms with van der Waals surface area (Å²) in [7, 11) is 0. The first-order valence-corrected chi connectivity index (χ1v) is 5.88. The molecule has 0 aromatic heterocycles. The summed E-state index contributed by atoms with van der Waals surface area (Å²) >= 11 is 0. The van der Waals surface area contributed by atoms with Gasteiger partial charge in [-0.05, 0) is 24.4 Å². The van der Waals surface area contributed by atoms with Crippen LogP contribution >= 0.6 is 0 Å². The van der Waals surface area contributed by atoms with Crippen molar-refractivity contribution in [3.8, 4) is 0 Å². The Balaban J connectivity index is 2.08. The minimum absolute atomic E-state index is 0.966. The third-order valence-corrected chi connectivity index (χ3v) is 3.19. The molecule has 2 aromatic rings. The van der Waals surface area contributed by atoms with Gasteiger partial charge in [0.2, 0.25) is 0 Å². The van der Waals surface area contributed by atoms with E-state index in [0.29, 0.717) is 0 Å². The minimum Gasteiger partial charge on any atom is -0.358 e. The molecule has 2 aromatic carbocycles. The Labute approximate surface area is 95.9 Å². The van der Waals surface area contributed by atoms with Gasteiger partial charge in [-0.1, -0.05) is 36.4 Å². The van der Waals surface area contributed by atoms with E-state index in [1.807, 2.05) is 0 Å². The maximum Gasteiger partial charge on any atom is 0.0682 e. The van der Waals surface area contributed by atoms with Crippen LogP contribution in [0.5, 0.6) is 0 Å². The number of hydrogen-bond donors (Lipinski definition) is 1. The van der Waals surface area contributed by atoms with Gasteiger partial charge in [0.05, 0.1) is 6.67 Å². The Morgan fingerprint density at radius 3 is 2.75 bits per heavy atom. The first-order chi connectivity index (χ1) is 7.95. The van der Waals surface area contributed by atoms with E-state index in [0.717, 1.165) is 19.8 Å². The van der Waals surface area contributed by atoms with Gasteiger partial charge in [-0.3, -0.25) is 5.32 Å². The van der Waals surface area contributed by atoms with Crippen LogP contribution < -0.4 is 10.2 Å². The molecule has 0 atom stereocenters. The molecule has 3 rings (SSSR count). The van der Waals surface area contributed by atoms with Gasteiger partial charge >= 0.3 is 0 Å². The normalized spacial score (nSPS) is 16.6. The van der Waals surface area contributed by atoms with Gasteiger partial charge in [0.15, 0.2) is 0 Å². The zero-order valence-corrected chi connectivity index (χ0v) is 9.32. The van der Waals surface area contributed by atoms with Gasteiger partial charge in [0.1, 0.15) is 0 Å². The second-order valence-corrected chi connectivity index (χ2v) is 4.27. The van der Waals surface area contributed by atoms with E-state index in [1.165, 1.54) is 22.9 Å². The standard InChI is InChI=1S/C14H16N2/c1-2-7-13-12(5-1)6-3-8-14(13)16-10-4-9-15-11-16/h1-3,5-8,15H,4,9-11H2. The Bertz CT molecular complexity index is 482. The molecular weight excluding hydrogens is 196 g/mol. The van der Waals surface area contributed by atoms with Crippen LogP contribution in [-0.4, -0.2) is 19.8 Å². The number of rotatable bonds is 1. The third-order valence-electron chi connectivity index (χ3n) is 3.19. The number of fused-ring (bicyclic) bond motifs is 1. The van der Waals surface area contributed by atoms with Gasteiger partial charge in [0, 0.05) is 17.6 Å². The maximum atomic E-state index is 3.42. The van der Waals surface area contributed by atoms with Crippen LogP contribution in [0.2, 0.25) is 0 Å². The molecule has 0 saturated carbocycles. The van der Waals surface area contributed by atoms with Crippen molar-refractivity contribution in [1.29, 1.82) is 0 Å². The first-order valence-electron chi connectivity index (χ1n) is 5.88. The van der Waals surface area contributed by atoms with Crippen LogP contribution in [0.25, 0.3) is 10.8 Å². The van der Waals surface area contributed by atoms with Crippen molar-refractivity contribution in [2.75, 3.05) is 24.7 Å². The highest BCUT2D eigenvalue weighted by Gasteiger charge is 2.12. The summed E-state index contributed by atoms with van der Waals surface area (Å²) < 4.78 is 0. The van der Waals surface area contributed by atoms with Crippen molar-refractivity contribution in [2.45, 2.75) is 6.42 Å². The minimum atomic E-state index is 0.966. The van der Waals surface area contributed by atoms with E-state index in [9.17, 15) is 0 Å². The molecule has 1 saturated heterocycles. The summed E-state index contributed by atoms with van der Waals surface area (Å²) in [6, 6.07) is 15.1. The third kappa shape index (κ3) is 1.65. The predicted octanol–water partition coefficient (Wildman–Crippen LogP) is 2.60. The number of anilines is 1. The summed E-state index contributed by atoms with van der Waals surface area (Å²) in [4.78, 5) is 2.42. The molecule has 1 heterocycles. The number of benzene rings is 2. The van der Waals surface area contributed by atoms with Crippen molar-refractivity contribution >= 4 is 16.5 Å². The highest BCUT2D eigenvalue weighted by Crippen LogP contribution is 2.26. The quantitative estimate of drug-likeness (QED) is 0.781. The molecule has 0 bridgehead atoms. The summed E-state index contributed by atoms with van der Waals surface area (Å²) in [5.74, 6) is 0. The lowest BCUT2D eigenvalue weighted by Crippen LogP contribution is -2.41. The van der Waals surface area contributed by atoms with Gasteiger partial charge < -0.3 is 4.90 Å². The Morgan fingerprint density at radius 2 is 1.88 bits per heavy atom. The summed E-state index contributed by atoms with van der Waals surface area (Å²) in [6.07, 6.45) is 1.23. The van der Waals surface area contributed by atoms with E-state index >= 15 is 0 Å². The van der Waals surface area contributed by atoms with Gasteiger partial charge in [0.25, 0.3) is 0 Å². The van der Waals surface area contributed by atoms with Crippen LogP contribution in [0.1, 0.15) is 6.42 Å². The molecule has 0 radical (unpaired) electrons. The molecule has 1 N–H and O–H groups in total. The molecule has 0 spiro atoms. The van der Waals surface area contributed by atoms with Crippen LogP contribution in [0.4, 0.5) is 5.69 Å². The van der Waals surface area contributed by atoms with Crippen molar-refractivity contribution in [1.82, 2.24) is 5.32 Å². The van der Waals surface area contributed by atoms with E-state index in [-0.39, 0.29) is 0 Å². The largest absolute Gasteiger partial charge is 0.358 e. The molecule has 0 amide bonds. The van der Waals surface area contributed by atoms with Crippen LogP contribution in [0.15, 0.2) is 42.5 Å². The average Bonchev–Trinajstić information content (AvgIpc) is 2.39. The highest BCUT2D eigenvalue weighted by molar-refractivity contribution is 5.94. The zero-order valence-electron chi connectivity index (χ0n) is 9.32. The fourth-order valence-electron chi connectivity index (χ4n) is 2.38. The molecular formula is C14H16N2. The smallest absolute Gasteiger partial charge is 0.0682 e. The molecule has 1 fully saturated rings. The fourth-order valence-corrected chi connectivity index (χ4v) is 2.38. The lowest BCUT2D eigenvalue weighted by molar-refractivity contribution is 0.554. The number of hydrogen-bond acceptors (Lipinski definition) is 2. The predicted molar refractivity (Wildman–Crippen MR) is 68.8 cm³/mol. The lowest BCUT2D eigenvalue weighted by Gasteiger charge is -2.30. The molecule has 0 aliphatic carbocycles. The number of nitrogens with one attached hydrogen (secondary N) is 1. The van der Waals surface area contributed by atoms with E-state index in [4.69, 9.17) is 0 Å². The van der Waals surface area contributed by atoms with Gasteiger partial charge in [-0.15, -0.1) is 0 Å². The molecule has 0 unspecified atom stereocenters. The molecule has 16 heavy (non-hydrogen) atoms. The summed E-state index contributed by atoms with van der Waals surface area (Å²) in [5, 5.41) is 6.10. The summed E-state index contributed by atoms with van der Waals surface area (Å²) in [5.41, 5.74) is 1.35. The first kappa shape index (κ1) is 9.67. The average molecular weight is 212 g/mol. The Kier molecular flexibility index (Phi) is 2.50. The topological polar surface area (TPSA) is 15.3 Å².